The molecule has 4 aromatic rings. The Balaban J connectivity index is 1.75. The Morgan fingerprint density at radius 1 is 1.00 bits per heavy atom. The van der Waals surface area contributed by atoms with E-state index in [0.29, 0.717) is 11.1 Å². The predicted molar refractivity (Wildman–Crippen MR) is 122 cm³/mol. The molecule has 1 saturated heterocycles. The highest BCUT2D eigenvalue weighted by atomic mass is 32.1. The van der Waals surface area contributed by atoms with Crippen molar-refractivity contribution >= 4 is 44.1 Å². The zero-order valence-electron chi connectivity index (χ0n) is 16.9. The zero-order valence-corrected chi connectivity index (χ0v) is 17.8. The maximum atomic E-state index is 14.9. The number of para-hydroxylation sites is 1. The van der Waals surface area contributed by atoms with Crippen LogP contribution in [-0.4, -0.2) is 21.8 Å². The monoisotopic (exact) mass is 444 g/mol. The normalized spacial score (nSPS) is 17.9. The number of rotatable bonds is 3. The molecule has 0 bridgehead atoms. The van der Waals surface area contributed by atoms with E-state index in [1.54, 1.807) is 36.4 Å². The van der Waals surface area contributed by atoms with Crippen LogP contribution in [0, 0.1) is 12.7 Å². The summed E-state index contributed by atoms with van der Waals surface area (Å²) in [4.78, 5) is 32.0. The van der Waals surface area contributed by atoms with Gasteiger partial charge in [-0.1, -0.05) is 71.5 Å². The summed E-state index contributed by atoms with van der Waals surface area (Å²) >= 11 is 1.23. The molecule has 1 fully saturated rings. The van der Waals surface area contributed by atoms with Crippen LogP contribution in [0.1, 0.15) is 22.7 Å². The van der Waals surface area contributed by atoms with Gasteiger partial charge in [0.15, 0.2) is 5.13 Å². The molecular weight excluding hydrogens is 427 g/mol. The number of anilines is 1. The Kier molecular flexibility index (Phi) is 4.83. The number of Topliss-reactive ketones (excluding diaryl/α,β-unsaturated/α-hetero) is 1. The SMILES string of the molecule is Cc1ccc(/C(O)=C2/C(=O)C(=O)N(c3nc4ccccc4s3)C2c2ccccc2F)cc1. The molecular formula is C25H17FN2O3S. The number of aryl methyl sites for hydroxylation is 1. The zero-order chi connectivity index (χ0) is 22.4. The summed E-state index contributed by atoms with van der Waals surface area (Å²) in [6.07, 6.45) is 0. The van der Waals surface area contributed by atoms with Gasteiger partial charge in [0.2, 0.25) is 0 Å². The lowest BCUT2D eigenvalue weighted by Crippen LogP contribution is -2.29. The number of thiazole rings is 1. The highest BCUT2D eigenvalue weighted by Gasteiger charge is 2.49. The average molecular weight is 444 g/mol. The van der Waals surface area contributed by atoms with Crippen molar-refractivity contribution in [1.82, 2.24) is 4.98 Å². The van der Waals surface area contributed by atoms with Crippen molar-refractivity contribution in [3.05, 3.63) is 101 Å². The van der Waals surface area contributed by atoms with E-state index in [-0.39, 0.29) is 22.0 Å². The Bertz CT molecular complexity index is 1380. The van der Waals surface area contributed by atoms with E-state index in [1.165, 1.54) is 34.4 Å². The molecule has 5 rings (SSSR count). The fraction of sp³-hybridized carbons (Fsp3) is 0.0800. The van der Waals surface area contributed by atoms with Gasteiger partial charge in [0.05, 0.1) is 15.8 Å². The third kappa shape index (κ3) is 3.18. The van der Waals surface area contributed by atoms with Gasteiger partial charge in [0, 0.05) is 11.1 Å². The lowest BCUT2D eigenvalue weighted by atomic mass is 9.95. The lowest BCUT2D eigenvalue weighted by Gasteiger charge is -2.23. The molecule has 3 aromatic carbocycles. The second-order valence-electron chi connectivity index (χ2n) is 7.52. The Morgan fingerprint density at radius 3 is 2.41 bits per heavy atom. The number of aliphatic hydroxyl groups is 1. The molecule has 0 radical (unpaired) electrons. The molecule has 32 heavy (non-hydrogen) atoms. The second kappa shape index (κ2) is 7.69. The Labute approximate surface area is 187 Å². The minimum atomic E-state index is -1.14. The summed E-state index contributed by atoms with van der Waals surface area (Å²) in [6, 6.07) is 19.0. The van der Waals surface area contributed by atoms with Gasteiger partial charge in [-0.05, 0) is 25.1 Å². The fourth-order valence-corrected chi connectivity index (χ4v) is 4.84. The molecule has 1 aromatic heterocycles. The van der Waals surface area contributed by atoms with Crippen molar-refractivity contribution in [3.8, 4) is 0 Å². The van der Waals surface area contributed by atoms with Crippen LogP contribution in [0.5, 0.6) is 0 Å². The maximum Gasteiger partial charge on any atom is 0.301 e. The molecule has 1 atom stereocenters. The van der Waals surface area contributed by atoms with Gasteiger partial charge < -0.3 is 5.11 Å². The lowest BCUT2D eigenvalue weighted by molar-refractivity contribution is -0.132. The number of aliphatic hydroxyl groups excluding tert-OH is 1. The number of benzene rings is 3. The van der Waals surface area contributed by atoms with Gasteiger partial charge in [-0.2, -0.15) is 0 Å². The van der Waals surface area contributed by atoms with Gasteiger partial charge in [-0.15, -0.1) is 0 Å². The number of amides is 1. The number of ketones is 1. The summed E-state index contributed by atoms with van der Waals surface area (Å²) in [5.41, 5.74) is 1.96. The maximum absolute atomic E-state index is 14.9. The Hall–Kier alpha value is -3.84. The molecule has 0 aliphatic carbocycles. The van der Waals surface area contributed by atoms with Crippen molar-refractivity contribution in [3.63, 3.8) is 0 Å². The number of carbonyl (C=O) groups is 2. The van der Waals surface area contributed by atoms with Gasteiger partial charge in [0.1, 0.15) is 17.6 Å². The third-order valence-electron chi connectivity index (χ3n) is 5.46. The molecule has 1 aliphatic heterocycles. The number of fused-ring (bicyclic) bond motifs is 1. The first kappa shape index (κ1) is 20.1. The number of aromatic nitrogens is 1. The summed E-state index contributed by atoms with van der Waals surface area (Å²) in [5.74, 6) is -2.66. The van der Waals surface area contributed by atoms with E-state index >= 15 is 0 Å². The first-order valence-corrected chi connectivity index (χ1v) is 10.8. The van der Waals surface area contributed by atoms with Crippen LogP contribution in [0.2, 0.25) is 0 Å². The van der Waals surface area contributed by atoms with E-state index in [9.17, 15) is 19.1 Å². The standard InChI is InChI=1S/C25H17FN2O3S/c1-14-10-12-15(13-11-14)22(29)20-21(16-6-2-3-7-17(16)26)28(24(31)23(20)30)25-27-18-8-4-5-9-19(18)32-25/h2-13,21,29H,1H3/b22-20-. The Morgan fingerprint density at radius 2 is 1.69 bits per heavy atom. The third-order valence-corrected chi connectivity index (χ3v) is 6.49. The summed E-state index contributed by atoms with van der Waals surface area (Å²) in [6.45, 7) is 1.90. The molecule has 2 heterocycles. The molecule has 1 aliphatic rings. The van der Waals surface area contributed by atoms with Crippen molar-refractivity contribution in [2.24, 2.45) is 0 Å². The minimum absolute atomic E-state index is 0.111. The van der Waals surface area contributed by atoms with E-state index in [2.05, 4.69) is 4.98 Å². The fourth-order valence-electron chi connectivity index (χ4n) is 3.85. The topological polar surface area (TPSA) is 70.5 Å². The molecule has 5 nitrogen and oxygen atoms in total. The molecule has 0 spiro atoms. The first-order valence-electron chi connectivity index (χ1n) is 9.94. The number of hydrogen-bond donors (Lipinski definition) is 1. The highest BCUT2D eigenvalue weighted by molar-refractivity contribution is 7.22. The van der Waals surface area contributed by atoms with E-state index < -0.39 is 23.5 Å². The smallest absolute Gasteiger partial charge is 0.301 e. The molecule has 0 saturated carbocycles. The summed E-state index contributed by atoms with van der Waals surface area (Å²) in [5, 5.41) is 11.3. The number of nitrogens with zero attached hydrogens (tertiary/aromatic N) is 2. The van der Waals surface area contributed by atoms with Crippen LogP contribution in [0.3, 0.4) is 0 Å². The van der Waals surface area contributed by atoms with Gasteiger partial charge >= 0.3 is 5.91 Å². The van der Waals surface area contributed by atoms with Gasteiger partial charge in [-0.25, -0.2) is 9.37 Å². The number of halogens is 1. The summed E-state index contributed by atoms with van der Waals surface area (Å²) < 4.78 is 15.7. The number of carbonyl (C=O) groups excluding carboxylic acids is 2. The van der Waals surface area contributed by atoms with E-state index in [0.717, 1.165) is 10.3 Å². The first-order chi connectivity index (χ1) is 15.5. The predicted octanol–water partition coefficient (Wildman–Crippen LogP) is 5.37. The molecule has 1 unspecified atom stereocenters. The van der Waals surface area contributed by atoms with Crippen LogP contribution in [0.25, 0.3) is 16.0 Å². The van der Waals surface area contributed by atoms with Crippen LogP contribution in [0.15, 0.2) is 78.4 Å². The van der Waals surface area contributed by atoms with Crippen LogP contribution < -0.4 is 4.90 Å². The van der Waals surface area contributed by atoms with Crippen LogP contribution in [-0.2, 0) is 9.59 Å². The van der Waals surface area contributed by atoms with E-state index in [4.69, 9.17) is 0 Å². The van der Waals surface area contributed by atoms with Crippen molar-refractivity contribution in [2.45, 2.75) is 13.0 Å². The molecule has 1 amide bonds. The van der Waals surface area contributed by atoms with Crippen molar-refractivity contribution in [2.75, 3.05) is 4.90 Å². The second-order valence-corrected chi connectivity index (χ2v) is 8.53. The largest absolute Gasteiger partial charge is 0.507 e. The number of hydrogen-bond acceptors (Lipinski definition) is 5. The molecule has 1 N–H and O–H groups in total. The highest BCUT2D eigenvalue weighted by Crippen LogP contribution is 2.44. The van der Waals surface area contributed by atoms with Crippen LogP contribution >= 0.6 is 11.3 Å². The summed E-state index contributed by atoms with van der Waals surface area (Å²) in [7, 11) is 0. The van der Waals surface area contributed by atoms with Gasteiger partial charge in [0.25, 0.3) is 5.78 Å². The average Bonchev–Trinajstić information content (AvgIpc) is 3.33. The quantitative estimate of drug-likeness (QED) is 0.262. The van der Waals surface area contributed by atoms with Gasteiger partial charge in [-0.3, -0.25) is 14.5 Å². The minimum Gasteiger partial charge on any atom is -0.507 e. The molecule has 158 valence electrons. The van der Waals surface area contributed by atoms with Crippen LogP contribution in [0.4, 0.5) is 9.52 Å². The molecule has 7 heteroatoms. The van der Waals surface area contributed by atoms with Crippen molar-refractivity contribution < 1.29 is 19.1 Å². The van der Waals surface area contributed by atoms with Crippen molar-refractivity contribution in [1.29, 1.82) is 0 Å². The van der Waals surface area contributed by atoms with E-state index in [1.807, 2.05) is 25.1 Å².